The minimum absolute atomic E-state index is 0.0642. The molecule has 0 radical (unpaired) electrons. The number of nitrogens with zero attached hydrogens (tertiary/aromatic N) is 1. The van der Waals surface area contributed by atoms with Gasteiger partial charge in [-0.05, 0) is 43.4 Å². The van der Waals surface area contributed by atoms with Gasteiger partial charge in [0, 0.05) is 11.1 Å². The standard InChI is InChI=1S/C18H21ClF3N3O2/c19-11-5-6-13(12(8-11)18(20,21)22)24-16(26)9-25-14-4-2-1-3-10(14)7-15(25)17(23)27/h5-6,8,10,14-15H,1-4,7,9H2,(H2,23,27)(H,24,26). The summed E-state index contributed by atoms with van der Waals surface area (Å²) in [4.78, 5) is 26.0. The Morgan fingerprint density at radius 2 is 1.96 bits per heavy atom. The number of fused-ring (bicyclic) bond motifs is 1. The monoisotopic (exact) mass is 403 g/mol. The van der Waals surface area contributed by atoms with Crippen molar-refractivity contribution in [1.82, 2.24) is 4.90 Å². The fraction of sp³-hybridized carbons (Fsp3) is 0.556. The molecule has 9 heteroatoms. The first-order valence-electron chi connectivity index (χ1n) is 8.88. The molecule has 3 N–H and O–H groups in total. The van der Waals surface area contributed by atoms with Crippen molar-refractivity contribution < 1.29 is 22.8 Å². The highest BCUT2D eigenvalue weighted by Crippen LogP contribution is 2.40. The number of anilines is 1. The van der Waals surface area contributed by atoms with E-state index in [2.05, 4.69) is 5.32 Å². The number of benzene rings is 1. The summed E-state index contributed by atoms with van der Waals surface area (Å²) in [5.41, 5.74) is 4.13. The van der Waals surface area contributed by atoms with E-state index in [1.807, 2.05) is 0 Å². The van der Waals surface area contributed by atoms with Gasteiger partial charge < -0.3 is 11.1 Å². The SMILES string of the molecule is NC(=O)C1CC2CCCCC2N1CC(=O)Nc1ccc(Cl)cc1C(F)(F)F. The van der Waals surface area contributed by atoms with Gasteiger partial charge in [-0.1, -0.05) is 24.4 Å². The molecule has 0 spiro atoms. The number of nitrogens with two attached hydrogens (primary N) is 1. The fourth-order valence-corrected chi connectivity index (χ4v) is 4.45. The van der Waals surface area contributed by atoms with Crippen molar-refractivity contribution in [2.75, 3.05) is 11.9 Å². The second-order valence-electron chi connectivity index (χ2n) is 7.17. The molecule has 1 aromatic carbocycles. The molecule has 3 rings (SSSR count). The summed E-state index contributed by atoms with van der Waals surface area (Å²) in [6, 6.07) is 2.69. The zero-order valence-electron chi connectivity index (χ0n) is 14.6. The van der Waals surface area contributed by atoms with Crippen LogP contribution in [0.15, 0.2) is 18.2 Å². The number of hydrogen-bond donors (Lipinski definition) is 2. The zero-order valence-corrected chi connectivity index (χ0v) is 15.3. The number of amides is 2. The van der Waals surface area contributed by atoms with Crippen LogP contribution in [-0.4, -0.2) is 35.3 Å². The van der Waals surface area contributed by atoms with Crippen LogP contribution in [0.25, 0.3) is 0 Å². The van der Waals surface area contributed by atoms with Crippen LogP contribution < -0.4 is 11.1 Å². The smallest absolute Gasteiger partial charge is 0.368 e. The van der Waals surface area contributed by atoms with Crippen LogP contribution in [0.5, 0.6) is 0 Å². The highest BCUT2D eigenvalue weighted by atomic mass is 35.5. The molecule has 3 unspecified atom stereocenters. The van der Waals surface area contributed by atoms with E-state index in [1.54, 1.807) is 4.90 Å². The first-order chi connectivity index (χ1) is 12.7. The quantitative estimate of drug-likeness (QED) is 0.808. The maximum absolute atomic E-state index is 13.2. The van der Waals surface area contributed by atoms with Gasteiger partial charge in [-0.25, -0.2) is 0 Å². The molecular weight excluding hydrogens is 383 g/mol. The molecule has 27 heavy (non-hydrogen) atoms. The Kier molecular flexibility index (Phi) is 5.67. The van der Waals surface area contributed by atoms with E-state index in [4.69, 9.17) is 17.3 Å². The number of carbonyl (C=O) groups excluding carboxylic acids is 2. The van der Waals surface area contributed by atoms with Gasteiger partial charge in [0.15, 0.2) is 0 Å². The van der Waals surface area contributed by atoms with Gasteiger partial charge in [-0.15, -0.1) is 0 Å². The second-order valence-corrected chi connectivity index (χ2v) is 7.61. The van der Waals surface area contributed by atoms with Crippen molar-refractivity contribution in [3.8, 4) is 0 Å². The Balaban J connectivity index is 1.76. The largest absolute Gasteiger partial charge is 0.418 e. The van der Waals surface area contributed by atoms with Crippen LogP contribution in [0.4, 0.5) is 18.9 Å². The summed E-state index contributed by atoms with van der Waals surface area (Å²) in [6.07, 6.45) is -0.140. The molecule has 1 saturated heterocycles. The van der Waals surface area contributed by atoms with E-state index in [9.17, 15) is 22.8 Å². The molecular formula is C18H21ClF3N3O2. The summed E-state index contributed by atoms with van der Waals surface area (Å²) in [5.74, 6) is -0.815. The summed E-state index contributed by atoms with van der Waals surface area (Å²) in [6.45, 7) is -0.172. The third kappa shape index (κ3) is 4.38. The van der Waals surface area contributed by atoms with Gasteiger partial charge in [0.25, 0.3) is 0 Å². The topological polar surface area (TPSA) is 75.4 Å². The van der Waals surface area contributed by atoms with E-state index in [1.165, 1.54) is 6.07 Å². The minimum Gasteiger partial charge on any atom is -0.368 e. The lowest BCUT2D eigenvalue weighted by molar-refractivity contribution is -0.137. The first-order valence-corrected chi connectivity index (χ1v) is 9.26. The molecule has 3 atom stereocenters. The fourth-order valence-electron chi connectivity index (χ4n) is 4.28. The summed E-state index contributed by atoms with van der Waals surface area (Å²) in [7, 11) is 0. The molecule has 0 aromatic heterocycles. The predicted molar refractivity (Wildman–Crippen MR) is 95.1 cm³/mol. The van der Waals surface area contributed by atoms with Gasteiger partial charge in [0.05, 0.1) is 23.8 Å². The van der Waals surface area contributed by atoms with E-state index in [0.29, 0.717) is 12.3 Å². The minimum atomic E-state index is -4.65. The van der Waals surface area contributed by atoms with Crippen LogP contribution in [0.2, 0.25) is 5.02 Å². The molecule has 0 bridgehead atoms. The second kappa shape index (κ2) is 7.67. The van der Waals surface area contributed by atoms with Gasteiger partial charge in [-0.2, -0.15) is 13.2 Å². The maximum Gasteiger partial charge on any atom is 0.418 e. The van der Waals surface area contributed by atoms with Gasteiger partial charge in [-0.3, -0.25) is 14.5 Å². The third-order valence-corrected chi connectivity index (χ3v) is 5.67. The first kappa shape index (κ1) is 19.9. The van der Waals surface area contributed by atoms with Crippen molar-refractivity contribution in [3.63, 3.8) is 0 Å². The van der Waals surface area contributed by atoms with Crippen LogP contribution in [0.3, 0.4) is 0 Å². The molecule has 2 fully saturated rings. The molecule has 2 aliphatic rings. The maximum atomic E-state index is 13.2. The van der Waals surface area contributed by atoms with Crippen molar-refractivity contribution in [1.29, 1.82) is 0 Å². The van der Waals surface area contributed by atoms with Gasteiger partial charge >= 0.3 is 6.18 Å². The molecule has 1 aliphatic heterocycles. The van der Waals surface area contributed by atoms with E-state index in [-0.39, 0.29) is 23.3 Å². The van der Waals surface area contributed by atoms with Crippen LogP contribution in [0.1, 0.15) is 37.7 Å². The van der Waals surface area contributed by atoms with E-state index < -0.39 is 29.6 Å². The van der Waals surface area contributed by atoms with Crippen LogP contribution >= 0.6 is 11.6 Å². The molecule has 1 aromatic rings. The van der Waals surface area contributed by atoms with Crippen LogP contribution in [-0.2, 0) is 15.8 Å². The normalized spacial score (nSPS) is 25.9. The summed E-state index contributed by atoms with van der Waals surface area (Å²) >= 11 is 5.65. The molecule has 2 amide bonds. The lowest BCUT2D eigenvalue weighted by Crippen LogP contribution is -2.48. The van der Waals surface area contributed by atoms with Gasteiger partial charge in [0.2, 0.25) is 11.8 Å². The highest BCUT2D eigenvalue weighted by Gasteiger charge is 2.45. The van der Waals surface area contributed by atoms with Crippen LogP contribution in [0, 0.1) is 5.92 Å². The van der Waals surface area contributed by atoms with E-state index in [0.717, 1.165) is 37.8 Å². The number of primary amides is 1. The molecule has 5 nitrogen and oxygen atoms in total. The van der Waals surface area contributed by atoms with Crippen molar-refractivity contribution >= 4 is 29.1 Å². The molecule has 148 valence electrons. The molecule has 1 heterocycles. The average Bonchev–Trinajstić information content (AvgIpc) is 2.94. The number of hydrogen-bond acceptors (Lipinski definition) is 3. The third-order valence-electron chi connectivity index (χ3n) is 5.44. The van der Waals surface area contributed by atoms with E-state index >= 15 is 0 Å². The number of likely N-dealkylation sites (tertiary alicyclic amines) is 1. The Bertz CT molecular complexity index is 741. The lowest BCUT2D eigenvalue weighted by atomic mass is 9.84. The number of nitrogens with one attached hydrogen (secondary N) is 1. The average molecular weight is 404 g/mol. The number of rotatable bonds is 4. The molecule has 1 saturated carbocycles. The lowest BCUT2D eigenvalue weighted by Gasteiger charge is -2.32. The van der Waals surface area contributed by atoms with Gasteiger partial charge in [0.1, 0.15) is 0 Å². The van der Waals surface area contributed by atoms with Crippen molar-refractivity contribution in [2.24, 2.45) is 11.7 Å². The summed E-state index contributed by atoms with van der Waals surface area (Å²) in [5, 5.41) is 2.24. The number of carbonyl (C=O) groups is 2. The Morgan fingerprint density at radius 1 is 1.26 bits per heavy atom. The Hall–Kier alpha value is -1.80. The number of alkyl halides is 3. The Labute approximate surface area is 160 Å². The Morgan fingerprint density at radius 3 is 2.63 bits per heavy atom. The highest BCUT2D eigenvalue weighted by molar-refractivity contribution is 6.30. The zero-order chi connectivity index (χ0) is 19.8. The van der Waals surface area contributed by atoms with Crippen molar-refractivity contribution in [2.45, 2.75) is 50.4 Å². The summed E-state index contributed by atoms with van der Waals surface area (Å²) < 4.78 is 39.6. The molecule has 1 aliphatic carbocycles. The number of halogens is 4. The van der Waals surface area contributed by atoms with Crippen molar-refractivity contribution in [3.05, 3.63) is 28.8 Å². The predicted octanol–water partition coefficient (Wildman–Crippen LogP) is 3.42.